The van der Waals surface area contributed by atoms with E-state index in [9.17, 15) is 4.79 Å². The topological polar surface area (TPSA) is 82.4 Å². The first-order valence-corrected chi connectivity index (χ1v) is 9.02. The van der Waals surface area contributed by atoms with Gasteiger partial charge in [0.25, 0.3) is 5.91 Å². The zero-order chi connectivity index (χ0) is 17.8. The number of ether oxygens (including phenoxy) is 2. The SMILES string of the molecule is O=C(c1cnccn1)N1Cc2cncn2[C@@H](COCC2CCOCC2)C1. The molecule has 8 heteroatoms. The number of nitrogens with zero attached hydrogens (tertiary/aromatic N) is 5. The Hall–Kier alpha value is -2.32. The summed E-state index contributed by atoms with van der Waals surface area (Å²) in [6.07, 6.45) is 10.3. The van der Waals surface area contributed by atoms with E-state index in [4.69, 9.17) is 9.47 Å². The highest BCUT2D eigenvalue weighted by atomic mass is 16.5. The molecule has 2 aliphatic heterocycles. The van der Waals surface area contributed by atoms with Crippen molar-refractivity contribution < 1.29 is 14.3 Å². The molecule has 26 heavy (non-hydrogen) atoms. The fraction of sp³-hybridized carbons (Fsp3) is 0.556. The second kappa shape index (κ2) is 7.92. The zero-order valence-corrected chi connectivity index (χ0v) is 14.7. The minimum atomic E-state index is -0.111. The van der Waals surface area contributed by atoms with Gasteiger partial charge in [-0.3, -0.25) is 9.78 Å². The van der Waals surface area contributed by atoms with Crippen molar-refractivity contribution >= 4 is 5.91 Å². The number of hydrogen-bond donors (Lipinski definition) is 0. The third-order valence-electron chi connectivity index (χ3n) is 5.00. The van der Waals surface area contributed by atoms with E-state index in [-0.39, 0.29) is 11.9 Å². The first-order valence-electron chi connectivity index (χ1n) is 9.02. The molecular formula is C18H23N5O3. The monoisotopic (exact) mass is 357 g/mol. The lowest BCUT2D eigenvalue weighted by Gasteiger charge is -2.34. The molecule has 1 atom stereocenters. The van der Waals surface area contributed by atoms with Gasteiger partial charge in [-0.05, 0) is 18.8 Å². The Morgan fingerprint density at radius 1 is 1.19 bits per heavy atom. The quantitative estimate of drug-likeness (QED) is 0.802. The van der Waals surface area contributed by atoms with Gasteiger partial charge in [0.1, 0.15) is 5.69 Å². The van der Waals surface area contributed by atoms with Gasteiger partial charge in [-0.1, -0.05) is 0 Å². The summed E-state index contributed by atoms with van der Waals surface area (Å²) in [7, 11) is 0. The predicted molar refractivity (Wildman–Crippen MR) is 92.4 cm³/mol. The predicted octanol–water partition coefficient (Wildman–Crippen LogP) is 1.31. The zero-order valence-electron chi connectivity index (χ0n) is 14.7. The molecular weight excluding hydrogens is 334 g/mol. The minimum absolute atomic E-state index is 0.0571. The maximum Gasteiger partial charge on any atom is 0.274 e. The molecule has 138 valence electrons. The van der Waals surface area contributed by atoms with Gasteiger partial charge in [0.2, 0.25) is 0 Å². The van der Waals surface area contributed by atoms with Crippen LogP contribution in [0.3, 0.4) is 0 Å². The molecule has 0 saturated carbocycles. The summed E-state index contributed by atoms with van der Waals surface area (Å²) >= 11 is 0. The van der Waals surface area contributed by atoms with Crippen molar-refractivity contribution in [3.05, 3.63) is 42.5 Å². The van der Waals surface area contributed by atoms with Gasteiger partial charge in [0.05, 0.1) is 37.4 Å². The Balaban J connectivity index is 1.40. The highest BCUT2D eigenvalue weighted by molar-refractivity contribution is 5.92. The van der Waals surface area contributed by atoms with Crippen LogP contribution in [0, 0.1) is 5.92 Å². The van der Waals surface area contributed by atoms with E-state index < -0.39 is 0 Å². The van der Waals surface area contributed by atoms with Crippen molar-refractivity contribution in [2.45, 2.75) is 25.4 Å². The third kappa shape index (κ3) is 3.76. The Morgan fingerprint density at radius 3 is 2.88 bits per heavy atom. The Bertz CT molecular complexity index is 729. The number of imidazole rings is 1. The highest BCUT2D eigenvalue weighted by Gasteiger charge is 2.29. The molecule has 4 rings (SSSR count). The van der Waals surface area contributed by atoms with E-state index in [1.165, 1.54) is 12.4 Å². The minimum Gasteiger partial charge on any atom is -0.381 e. The molecule has 2 aromatic heterocycles. The molecule has 0 spiro atoms. The molecule has 1 fully saturated rings. The smallest absolute Gasteiger partial charge is 0.274 e. The second-order valence-corrected chi connectivity index (χ2v) is 6.82. The van der Waals surface area contributed by atoms with Gasteiger partial charge in [-0.25, -0.2) is 9.97 Å². The maximum atomic E-state index is 12.7. The summed E-state index contributed by atoms with van der Waals surface area (Å²) in [6.45, 7) is 4.04. The summed E-state index contributed by atoms with van der Waals surface area (Å²) in [5, 5.41) is 0. The van der Waals surface area contributed by atoms with Crippen molar-refractivity contribution in [2.24, 2.45) is 5.92 Å². The Labute approximate surface area is 152 Å². The summed E-state index contributed by atoms with van der Waals surface area (Å²) < 4.78 is 13.5. The standard InChI is InChI=1S/C18H23N5O3/c24-18(17-8-19-3-4-21-17)22-9-15-7-20-13-23(15)16(10-22)12-26-11-14-1-5-25-6-2-14/h3-4,7-8,13-14,16H,1-2,5-6,9-12H2/t16-/m1/s1. The normalized spacial score (nSPS) is 20.8. The number of fused-ring (bicyclic) bond motifs is 1. The van der Waals surface area contributed by atoms with Crippen LogP contribution >= 0.6 is 0 Å². The van der Waals surface area contributed by atoms with Gasteiger partial charge >= 0.3 is 0 Å². The molecule has 2 aromatic rings. The number of rotatable bonds is 5. The molecule has 0 bridgehead atoms. The summed E-state index contributed by atoms with van der Waals surface area (Å²) in [4.78, 5) is 26.9. The van der Waals surface area contributed by atoms with E-state index >= 15 is 0 Å². The van der Waals surface area contributed by atoms with Crippen LogP contribution in [0.15, 0.2) is 31.1 Å². The van der Waals surface area contributed by atoms with Crippen LogP contribution in [0.5, 0.6) is 0 Å². The summed E-state index contributed by atoms with van der Waals surface area (Å²) in [5.41, 5.74) is 1.37. The molecule has 0 radical (unpaired) electrons. The molecule has 2 aliphatic rings. The van der Waals surface area contributed by atoms with Crippen molar-refractivity contribution in [3.63, 3.8) is 0 Å². The lowest BCUT2D eigenvalue weighted by Crippen LogP contribution is -2.42. The molecule has 4 heterocycles. The van der Waals surface area contributed by atoms with Gasteiger partial charge in [0, 0.05) is 45.0 Å². The first kappa shape index (κ1) is 17.1. The summed E-state index contributed by atoms with van der Waals surface area (Å²) in [5.74, 6) is 0.451. The second-order valence-electron chi connectivity index (χ2n) is 6.82. The molecule has 0 unspecified atom stereocenters. The lowest BCUT2D eigenvalue weighted by atomic mass is 10.0. The van der Waals surface area contributed by atoms with Gasteiger partial charge in [0.15, 0.2) is 0 Å². The fourth-order valence-corrected chi connectivity index (χ4v) is 3.53. The fourth-order valence-electron chi connectivity index (χ4n) is 3.53. The number of amides is 1. The third-order valence-corrected chi connectivity index (χ3v) is 5.00. The van der Waals surface area contributed by atoms with E-state index in [2.05, 4.69) is 19.5 Å². The Morgan fingerprint density at radius 2 is 2.08 bits per heavy atom. The molecule has 0 aromatic carbocycles. The largest absolute Gasteiger partial charge is 0.381 e. The lowest BCUT2D eigenvalue weighted by molar-refractivity contribution is 0.00595. The molecule has 8 nitrogen and oxygen atoms in total. The van der Waals surface area contributed by atoms with Crippen LogP contribution in [0.1, 0.15) is 35.1 Å². The molecule has 1 saturated heterocycles. The van der Waals surface area contributed by atoms with Crippen LogP contribution in [-0.4, -0.2) is 63.3 Å². The van der Waals surface area contributed by atoms with Crippen LogP contribution in [-0.2, 0) is 16.0 Å². The molecule has 0 N–H and O–H groups in total. The maximum absolute atomic E-state index is 12.7. The van der Waals surface area contributed by atoms with Gasteiger partial charge in [-0.2, -0.15) is 0 Å². The van der Waals surface area contributed by atoms with E-state index in [1.54, 1.807) is 11.1 Å². The number of carbonyl (C=O) groups excluding carboxylic acids is 1. The van der Waals surface area contributed by atoms with Crippen molar-refractivity contribution in [1.29, 1.82) is 0 Å². The van der Waals surface area contributed by atoms with E-state index in [0.29, 0.717) is 31.3 Å². The van der Waals surface area contributed by atoms with Gasteiger partial charge < -0.3 is 18.9 Å². The molecule has 1 amide bonds. The van der Waals surface area contributed by atoms with Crippen molar-refractivity contribution in [1.82, 2.24) is 24.4 Å². The van der Waals surface area contributed by atoms with Crippen molar-refractivity contribution in [2.75, 3.05) is 33.0 Å². The van der Waals surface area contributed by atoms with E-state index in [1.807, 2.05) is 12.5 Å². The highest BCUT2D eigenvalue weighted by Crippen LogP contribution is 2.23. The van der Waals surface area contributed by atoms with Crippen LogP contribution < -0.4 is 0 Å². The molecule has 0 aliphatic carbocycles. The van der Waals surface area contributed by atoms with E-state index in [0.717, 1.165) is 38.4 Å². The summed E-state index contributed by atoms with van der Waals surface area (Å²) in [6, 6.07) is 0.0571. The average molecular weight is 357 g/mol. The first-order chi connectivity index (χ1) is 12.8. The average Bonchev–Trinajstić information content (AvgIpc) is 3.18. The Kier molecular flexibility index (Phi) is 5.21. The number of carbonyl (C=O) groups is 1. The number of hydrogen-bond acceptors (Lipinski definition) is 6. The van der Waals surface area contributed by atoms with Crippen LogP contribution in [0.25, 0.3) is 0 Å². The van der Waals surface area contributed by atoms with Gasteiger partial charge in [-0.15, -0.1) is 0 Å². The van der Waals surface area contributed by atoms with Crippen LogP contribution in [0.4, 0.5) is 0 Å². The van der Waals surface area contributed by atoms with Crippen LogP contribution in [0.2, 0.25) is 0 Å². The number of aromatic nitrogens is 4. The van der Waals surface area contributed by atoms with Crippen molar-refractivity contribution in [3.8, 4) is 0 Å².